The number of esters is 1. The minimum Gasteiger partial charge on any atom is -0.484 e. The molecule has 3 rings (SSSR count). The van der Waals surface area contributed by atoms with Gasteiger partial charge in [0.05, 0.1) is 12.7 Å². The number of amides is 1. The lowest BCUT2D eigenvalue weighted by Gasteiger charge is -2.22. The van der Waals surface area contributed by atoms with Gasteiger partial charge in [-0.25, -0.2) is 4.79 Å². The SMILES string of the molecule is COC(=O)c1ccc(NC(=O)COc2ccc(C3CCCCC3)cc2)cc1. The van der Waals surface area contributed by atoms with Crippen LogP contribution in [0.5, 0.6) is 5.75 Å². The summed E-state index contributed by atoms with van der Waals surface area (Å²) in [5.41, 5.74) is 2.39. The Kier molecular flexibility index (Phi) is 6.47. The van der Waals surface area contributed by atoms with E-state index in [0.29, 0.717) is 22.9 Å². The first-order valence-corrected chi connectivity index (χ1v) is 9.36. The molecular weight excluding hydrogens is 342 g/mol. The van der Waals surface area contributed by atoms with Crippen LogP contribution in [0.15, 0.2) is 48.5 Å². The summed E-state index contributed by atoms with van der Waals surface area (Å²) >= 11 is 0. The summed E-state index contributed by atoms with van der Waals surface area (Å²) in [5, 5.41) is 2.74. The van der Waals surface area contributed by atoms with Crippen LogP contribution in [0.3, 0.4) is 0 Å². The highest BCUT2D eigenvalue weighted by atomic mass is 16.5. The molecule has 0 unspecified atom stereocenters. The average molecular weight is 367 g/mol. The molecule has 0 radical (unpaired) electrons. The molecule has 1 saturated carbocycles. The number of benzene rings is 2. The molecule has 0 aromatic heterocycles. The third-order valence-electron chi connectivity index (χ3n) is 4.92. The summed E-state index contributed by atoms with van der Waals surface area (Å²) in [6, 6.07) is 14.6. The lowest BCUT2D eigenvalue weighted by Crippen LogP contribution is -2.20. The van der Waals surface area contributed by atoms with Crippen LogP contribution in [0.2, 0.25) is 0 Å². The van der Waals surface area contributed by atoms with E-state index < -0.39 is 5.97 Å². The van der Waals surface area contributed by atoms with E-state index in [9.17, 15) is 9.59 Å². The summed E-state index contributed by atoms with van der Waals surface area (Å²) in [7, 11) is 1.33. The van der Waals surface area contributed by atoms with E-state index >= 15 is 0 Å². The van der Waals surface area contributed by atoms with Crippen LogP contribution in [0.25, 0.3) is 0 Å². The van der Waals surface area contributed by atoms with Crippen molar-refractivity contribution in [1.29, 1.82) is 0 Å². The van der Waals surface area contributed by atoms with Gasteiger partial charge in [-0.2, -0.15) is 0 Å². The second-order valence-corrected chi connectivity index (χ2v) is 6.81. The number of hydrogen-bond acceptors (Lipinski definition) is 4. The number of nitrogens with one attached hydrogen (secondary N) is 1. The van der Waals surface area contributed by atoms with E-state index in [0.717, 1.165) is 0 Å². The van der Waals surface area contributed by atoms with Crippen molar-refractivity contribution in [1.82, 2.24) is 0 Å². The molecule has 2 aromatic rings. The molecule has 0 heterocycles. The van der Waals surface area contributed by atoms with Crippen LogP contribution >= 0.6 is 0 Å². The van der Waals surface area contributed by atoms with Crippen LogP contribution in [0, 0.1) is 0 Å². The molecule has 0 spiro atoms. The van der Waals surface area contributed by atoms with E-state index in [4.69, 9.17) is 4.74 Å². The molecule has 27 heavy (non-hydrogen) atoms. The van der Waals surface area contributed by atoms with E-state index in [1.807, 2.05) is 12.1 Å². The van der Waals surface area contributed by atoms with Crippen LogP contribution in [0.4, 0.5) is 5.69 Å². The minimum absolute atomic E-state index is 0.0679. The minimum atomic E-state index is -0.409. The number of carbonyl (C=O) groups excluding carboxylic acids is 2. The number of methoxy groups -OCH3 is 1. The molecule has 142 valence electrons. The largest absolute Gasteiger partial charge is 0.484 e. The molecule has 1 aliphatic rings. The summed E-state index contributed by atoms with van der Waals surface area (Å²) in [6.07, 6.45) is 6.49. The highest BCUT2D eigenvalue weighted by Crippen LogP contribution is 2.33. The second-order valence-electron chi connectivity index (χ2n) is 6.81. The molecule has 0 saturated heterocycles. The van der Waals surface area contributed by atoms with Gasteiger partial charge in [-0.15, -0.1) is 0 Å². The van der Waals surface area contributed by atoms with Crippen molar-refractivity contribution < 1.29 is 19.1 Å². The molecule has 0 aliphatic heterocycles. The first kappa shape index (κ1) is 19.0. The Bertz CT molecular complexity index is 762. The van der Waals surface area contributed by atoms with Gasteiger partial charge in [0, 0.05) is 5.69 Å². The van der Waals surface area contributed by atoms with Crippen LogP contribution in [-0.2, 0) is 9.53 Å². The fourth-order valence-corrected chi connectivity index (χ4v) is 3.43. The standard InChI is InChI=1S/C22H25NO4/c1-26-22(25)18-7-11-19(12-8-18)23-21(24)15-27-20-13-9-17(10-14-20)16-5-3-2-4-6-16/h7-14,16H,2-6,15H2,1H3,(H,23,24). The maximum absolute atomic E-state index is 12.0. The van der Waals surface area contributed by atoms with Crippen molar-refractivity contribution in [3.05, 3.63) is 59.7 Å². The van der Waals surface area contributed by atoms with Gasteiger partial charge in [-0.05, 0) is 60.7 Å². The first-order chi connectivity index (χ1) is 13.2. The fraction of sp³-hybridized carbons (Fsp3) is 0.364. The molecule has 5 nitrogen and oxygen atoms in total. The van der Waals surface area contributed by atoms with Crippen molar-refractivity contribution in [3.8, 4) is 5.75 Å². The lowest BCUT2D eigenvalue weighted by molar-refractivity contribution is -0.118. The summed E-state index contributed by atoms with van der Waals surface area (Å²) < 4.78 is 10.2. The lowest BCUT2D eigenvalue weighted by atomic mass is 9.84. The summed E-state index contributed by atoms with van der Waals surface area (Å²) in [5.74, 6) is 0.680. The predicted octanol–water partition coefficient (Wildman–Crippen LogP) is 4.54. The van der Waals surface area contributed by atoms with Gasteiger partial charge in [-0.1, -0.05) is 31.4 Å². The van der Waals surface area contributed by atoms with Crippen molar-refractivity contribution in [2.75, 3.05) is 19.0 Å². The first-order valence-electron chi connectivity index (χ1n) is 9.36. The van der Waals surface area contributed by atoms with Crippen molar-refractivity contribution in [3.63, 3.8) is 0 Å². The van der Waals surface area contributed by atoms with Crippen LogP contribution < -0.4 is 10.1 Å². The normalized spacial score (nSPS) is 14.4. The van der Waals surface area contributed by atoms with Gasteiger partial charge in [0.25, 0.3) is 5.91 Å². The molecular formula is C22H25NO4. The quantitative estimate of drug-likeness (QED) is 0.762. The van der Waals surface area contributed by atoms with Crippen molar-refractivity contribution in [2.24, 2.45) is 0 Å². The Hall–Kier alpha value is -2.82. The van der Waals surface area contributed by atoms with Gasteiger partial charge in [0.1, 0.15) is 5.75 Å². The predicted molar refractivity (Wildman–Crippen MR) is 104 cm³/mol. The molecule has 1 aliphatic carbocycles. The number of carbonyl (C=O) groups is 2. The molecule has 1 fully saturated rings. The molecule has 0 atom stereocenters. The van der Waals surface area contributed by atoms with E-state index in [-0.39, 0.29) is 12.5 Å². The highest BCUT2D eigenvalue weighted by Gasteiger charge is 2.15. The smallest absolute Gasteiger partial charge is 0.337 e. The summed E-state index contributed by atoms with van der Waals surface area (Å²) in [4.78, 5) is 23.4. The van der Waals surface area contributed by atoms with E-state index in [2.05, 4.69) is 22.2 Å². The number of ether oxygens (including phenoxy) is 2. The Labute approximate surface area is 159 Å². The monoisotopic (exact) mass is 367 g/mol. The zero-order chi connectivity index (χ0) is 19.1. The third-order valence-corrected chi connectivity index (χ3v) is 4.92. The van der Waals surface area contributed by atoms with Crippen LogP contribution in [-0.4, -0.2) is 25.6 Å². The molecule has 2 aromatic carbocycles. The van der Waals surface area contributed by atoms with Crippen molar-refractivity contribution >= 4 is 17.6 Å². The summed E-state index contributed by atoms with van der Waals surface area (Å²) in [6.45, 7) is -0.0679. The Balaban J connectivity index is 1.48. The van der Waals surface area contributed by atoms with Crippen LogP contribution in [0.1, 0.15) is 53.9 Å². The molecule has 0 bridgehead atoms. The van der Waals surface area contributed by atoms with Gasteiger partial charge in [0.15, 0.2) is 6.61 Å². The second kappa shape index (κ2) is 9.21. The Morgan fingerprint density at radius 1 is 0.963 bits per heavy atom. The van der Waals surface area contributed by atoms with Crippen molar-refractivity contribution in [2.45, 2.75) is 38.0 Å². The van der Waals surface area contributed by atoms with Gasteiger partial charge in [0.2, 0.25) is 0 Å². The maximum Gasteiger partial charge on any atom is 0.337 e. The third kappa shape index (κ3) is 5.33. The van der Waals surface area contributed by atoms with E-state index in [1.54, 1.807) is 24.3 Å². The topological polar surface area (TPSA) is 64.6 Å². The zero-order valence-corrected chi connectivity index (χ0v) is 15.6. The Morgan fingerprint density at radius 2 is 1.63 bits per heavy atom. The zero-order valence-electron chi connectivity index (χ0n) is 15.6. The van der Waals surface area contributed by atoms with E-state index in [1.165, 1.54) is 44.8 Å². The number of hydrogen-bond donors (Lipinski definition) is 1. The molecule has 1 N–H and O–H groups in total. The average Bonchev–Trinajstić information content (AvgIpc) is 2.73. The maximum atomic E-state index is 12.0. The van der Waals surface area contributed by atoms with Gasteiger partial charge in [-0.3, -0.25) is 4.79 Å². The molecule has 5 heteroatoms. The van der Waals surface area contributed by atoms with Gasteiger partial charge >= 0.3 is 5.97 Å². The number of rotatable bonds is 6. The Morgan fingerprint density at radius 3 is 2.26 bits per heavy atom. The highest BCUT2D eigenvalue weighted by molar-refractivity contribution is 5.93. The van der Waals surface area contributed by atoms with Gasteiger partial charge < -0.3 is 14.8 Å². The fourth-order valence-electron chi connectivity index (χ4n) is 3.43. The molecule has 1 amide bonds. The number of anilines is 1.